The van der Waals surface area contributed by atoms with Crippen molar-refractivity contribution in [2.75, 3.05) is 0 Å². The summed E-state index contributed by atoms with van der Waals surface area (Å²) in [6.07, 6.45) is 4.10. The minimum Gasteiger partial charge on any atom is -0.328 e. The molecule has 3 rings (SSSR count). The molecule has 0 aliphatic heterocycles. The second-order valence-corrected chi connectivity index (χ2v) is 4.63. The fraction of sp³-hybridized carbons (Fsp3) is 0.214. The van der Waals surface area contributed by atoms with E-state index < -0.39 is 0 Å². The van der Waals surface area contributed by atoms with E-state index in [0.29, 0.717) is 0 Å². The molecule has 0 saturated carbocycles. The molecule has 2 aromatic heterocycles. The lowest BCUT2D eigenvalue weighted by Gasteiger charge is -2.06. The van der Waals surface area contributed by atoms with E-state index >= 15 is 0 Å². The van der Waals surface area contributed by atoms with Gasteiger partial charge in [0.1, 0.15) is 6.33 Å². The van der Waals surface area contributed by atoms with Crippen LogP contribution in [-0.4, -0.2) is 25.8 Å². The van der Waals surface area contributed by atoms with Crippen LogP contribution in [0.2, 0.25) is 0 Å². The van der Waals surface area contributed by atoms with Crippen molar-refractivity contribution in [3.8, 4) is 5.69 Å². The number of rotatable bonds is 3. The maximum atomic E-state index is 5.85. The van der Waals surface area contributed by atoms with Gasteiger partial charge in [0.2, 0.25) is 0 Å². The Morgan fingerprint density at radius 2 is 2.00 bits per heavy atom. The molecule has 96 valence electrons. The average molecular weight is 253 g/mol. The molecule has 0 fully saturated rings. The van der Waals surface area contributed by atoms with Crippen molar-refractivity contribution in [2.45, 2.75) is 19.4 Å². The van der Waals surface area contributed by atoms with Crippen molar-refractivity contribution < 1.29 is 0 Å². The third kappa shape index (κ3) is 2.20. The molecule has 1 aromatic carbocycles. The minimum absolute atomic E-state index is 0.0678. The maximum absolute atomic E-state index is 5.85. The Bertz CT molecular complexity index is 687. The zero-order chi connectivity index (χ0) is 13.2. The van der Waals surface area contributed by atoms with Crippen LogP contribution >= 0.6 is 0 Å². The van der Waals surface area contributed by atoms with Gasteiger partial charge in [-0.1, -0.05) is 18.2 Å². The summed E-state index contributed by atoms with van der Waals surface area (Å²) in [5, 5.41) is 5.37. The van der Waals surface area contributed by atoms with E-state index in [-0.39, 0.29) is 6.04 Å². The van der Waals surface area contributed by atoms with Crippen LogP contribution in [0.15, 0.2) is 42.9 Å². The number of nitrogens with zero attached hydrogens (tertiary/aromatic N) is 4. The van der Waals surface area contributed by atoms with Crippen LogP contribution < -0.4 is 5.73 Å². The summed E-state index contributed by atoms with van der Waals surface area (Å²) >= 11 is 0. The van der Waals surface area contributed by atoms with Crippen LogP contribution in [0.3, 0.4) is 0 Å². The molecule has 2 heterocycles. The molecule has 19 heavy (non-hydrogen) atoms. The molecule has 0 bridgehead atoms. The Labute approximate surface area is 111 Å². The molecule has 0 saturated heterocycles. The van der Waals surface area contributed by atoms with Gasteiger partial charge < -0.3 is 5.73 Å². The first kappa shape index (κ1) is 11.8. The Morgan fingerprint density at radius 3 is 2.74 bits per heavy atom. The monoisotopic (exact) mass is 253 g/mol. The van der Waals surface area contributed by atoms with Gasteiger partial charge in [0, 0.05) is 12.5 Å². The second-order valence-electron chi connectivity index (χ2n) is 4.63. The van der Waals surface area contributed by atoms with Crippen LogP contribution in [0, 0.1) is 0 Å². The number of nitrogens with two attached hydrogens (primary N) is 1. The summed E-state index contributed by atoms with van der Waals surface area (Å²) in [6, 6.07) is 10.0. The predicted octanol–water partition coefficient (Wildman–Crippen LogP) is 1.71. The van der Waals surface area contributed by atoms with Crippen LogP contribution in [0.1, 0.15) is 12.6 Å². The van der Waals surface area contributed by atoms with Crippen LogP contribution in [0.25, 0.3) is 16.7 Å². The van der Waals surface area contributed by atoms with Gasteiger partial charge in [-0.2, -0.15) is 5.10 Å². The van der Waals surface area contributed by atoms with Crippen molar-refractivity contribution in [1.29, 1.82) is 0 Å². The predicted molar refractivity (Wildman–Crippen MR) is 74.0 cm³/mol. The molecule has 5 heteroatoms. The molecule has 0 radical (unpaired) electrons. The Hall–Kier alpha value is -2.27. The highest BCUT2D eigenvalue weighted by molar-refractivity contribution is 5.78. The van der Waals surface area contributed by atoms with Gasteiger partial charge in [-0.3, -0.25) is 0 Å². The molecule has 0 spiro atoms. The Morgan fingerprint density at radius 1 is 1.21 bits per heavy atom. The summed E-state index contributed by atoms with van der Waals surface area (Å²) in [5.41, 5.74) is 8.60. The average Bonchev–Trinajstić information content (AvgIpc) is 2.84. The lowest BCUT2D eigenvalue weighted by molar-refractivity contribution is 0.725. The highest BCUT2D eigenvalue weighted by Gasteiger charge is 2.11. The molecular formula is C14H15N5. The summed E-state index contributed by atoms with van der Waals surface area (Å²) in [4.78, 5) is 8.64. The van der Waals surface area contributed by atoms with E-state index in [4.69, 9.17) is 5.73 Å². The lowest BCUT2D eigenvalue weighted by atomic mass is 10.1. The SMILES string of the molecule is CC(N)Cc1ncnc2c1cnn2-c1ccccc1. The van der Waals surface area contributed by atoms with Gasteiger partial charge in [0.25, 0.3) is 0 Å². The number of para-hydroxylation sites is 1. The molecule has 0 amide bonds. The van der Waals surface area contributed by atoms with E-state index in [9.17, 15) is 0 Å². The second kappa shape index (κ2) is 4.78. The van der Waals surface area contributed by atoms with Gasteiger partial charge in [-0.25, -0.2) is 14.6 Å². The molecule has 2 N–H and O–H groups in total. The summed E-state index contributed by atoms with van der Waals surface area (Å²) in [7, 11) is 0. The molecule has 3 aromatic rings. The van der Waals surface area contributed by atoms with Crippen molar-refractivity contribution in [1.82, 2.24) is 19.7 Å². The fourth-order valence-electron chi connectivity index (χ4n) is 2.12. The van der Waals surface area contributed by atoms with Crippen molar-refractivity contribution in [2.24, 2.45) is 5.73 Å². The zero-order valence-electron chi connectivity index (χ0n) is 10.7. The number of hydrogen-bond acceptors (Lipinski definition) is 4. The molecule has 1 unspecified atom stereocenters. The van der Waals surface area contributed by atoms with Crippen molar-refractivity contribution in [3.63, 3.8) is 0 Å². The van der Waals surface area contributed by atoms with E-state index in [2.05, 4.69) is 15.1 Å². The highest BCUT2D eigenvalue weighted by atomic mass is 15.3. The van der Waals surface area contributed by atoms with E-state index in [1.54, 1.807) is 12.5 Å². The number of aromatic nitrogens is 4. The third-order valence-electron chi connectivity index (χ3n) is 2.96. The van der Waals surface area contributed by atoms with Crippen molar-refractivity contribution >= 4 is 11.0 Å². The Kier molecular flexibility index (Phi) is 2.97. The van der Waals surface area contributed by atoms with Crippen LogP contribution in [0.5, 0.6) is 0 Å². The first-order valence-corrected chi connectivity index (χ1v) is 6.24. The summed E-state index contributed by atoms with van der Waals surface area (Å²) in [5.74, 6) is 0. The smallest absolute Gasteiger partial charge is 0.166 e. The largest absolute Gasteiger partial charge is 0.328 e. The van der Waals surface area contributed by atoms with E-state index in [1.807, 2.05) is 41.9 Å². The molecule has 0 aliphatic carbocycles. The van der Waals surface area contributed by atoms with Crippen LogP contribution in [-0.2, 0) is 6.42 Å². The Balaban J connectivity index is 2.14. The van der Waals surface area contributed by atoms with Gasteiger partial charge in [0.15, 0.2) is 5.65 Å². The molecule has 1 atom stereocenters. The minimum atomic E-state index is 0.0678. The van der Waals surface area contributed by atoms with Crippen LogP contribution in [0.4, 0.5) is 0 Å². The van der Waals surface area contributed by atoms with Gasteiger partial charge in [0.05, 0.1) is 23.0 Å². The van der Waals surface area contributed by atoms with Gasteiger partial charge in [-0.15, -0.1) is 0 Å². The first-order chi connectivity index (χ1) is 9.25. The zero-order valence-corrected chi connectivity index (χ0v) is 10.7. The summed E-state index contributed by atoms with van der Waals surface area (Å²) < 4.78 is 1.82. The van der Waals surface area contributed by atoms with Gasteiger partial charge >= 0.3 is 0 Å². The number of benzene rings is 1. The number of hydrogen-bond donors (Lipinski definition) is 1. The first-order valence-electron chi connectivity index (χ1n) is 6.24. The molecule has 5 nitrogen and oxygen atoms in total. The number of fused-ring (bicyclic) bond motifs is 1. The third-order valence-corrected chi connectivity index (χ3v) is 2.96. The normalized spacial score (nSPS) is 12.7. The standard InChI is InChI=1S/C14H15N5/c1-10(15)7-13-12-8-18-19(14(12)17-9-16-13)11-5-3-2-4-6-11/h2-6,8-10H,7,15H2,1H3. The quantitative estimate of drug-likeness (QED) is 0.771. The molecule has 0 aliphatic rings. The lowest BCUT2D eigenvalue weighted by Crippen LogP contribution is -2.18. The molecular weight excluding hydrogens is 238 g/mol. The topological polar surface area (TPSA) is 69.6 Å². The van der Waals surface area contributed by atoms with Crippen molar-refractivity contribution in [3.05, 3.63) is 48.5 Å². The maximum Gasteiger partial charge on any atom is 0.166 e. The fourth-order valence-corrected chi connectivity index (χ4v) is 2.12. The van der Waals surface area contributed by atoms with Gasteiger partial charge in [-0.05, 0) is 19.1 Å². The van der Waals surface area contributed by atoms with E-state index in [1.165, 1.54) is 0 Å². The highest BCUT2D eigenvalue weighted by Crippen LogP contribution is 2.18. The summed E-state index contributed by atoms with van der Waals surface area (Å²) in [6.45, 7) is 1.97. The van der Waals surface area contributed by atoms with E-state index in [0.717, 1.165) is 28.8 Å².